The van der Waals surface area contributed by atoms with Crippen molar-refractivity contribution >= 4 is 29.7 Å². The van der Waals surface area contributed by atoms with Crippen molar-refractivity contribution in [2.45, 2.75) is 69.9 Å². The maximum atomic E-state index is 11.9. The van der Waals surface area contributed by atoms with Gasteiger partial charge in [-0.3, -0.25) is 19.7 Å². The number of hydrazone groups is 1. The van der Waals surface area contributed by atoms with Crippen molar-refractivity contribution in [2.24, 2.45) is 5.10 Å². The van der Waals surface area contributed by atoms with Crippen LogP contribution in [0.15, 0.2) is 23.3 Å². The van der Waals surface area contributed by atoms with Gasteiger partial charge in [-0.15, -0.1) is 0 Å². The molecule has 1 fully saturated rings. The van der Waals surface area contributed by atoms with E-state index in [1.165, 1.54) is 19.2 Å². The quantitative estimate of drug-likeness (QED) is 0.0494. The summed E-state index contributed by atoms with van der Waals surface area (Å²) in [7, 11) is 0. The van der Waals surface area contributed by atoms with E-state index in [9.17, 15) is 44.9 Å². The zero-order valence-electron chi connectivity index (χ0n) is 20.1. The van der Waals surface area contributed by atoms with Gasteiger partial charge in [-0.25, -0.2) is 5.43 Å². The van der Waals surface area contributed by atoms with Crippen molar-refractivity contribution in [1.82, 2.24) is 5.43 Å². The topological polar surface area (TPSA) is 230 Å². The van der Waals surface area contributed by atoms with Crippen molar-refractivity contribution < 1.29 is 83.5 Å². The summed E-state index contributed by atoms with van der Waals surface area (Å²) in [6.07, 6.45) is -6.55. The molecule has 0 spiro atoms. The number of carbonyl (C=O) groups excluding carboxylic acids is 3. The van der Waals surface area contributed by atoms with E-state index in [2.05, 4.69) is 10.5 Å². The van der Waals surface area contributed by atoms with E-state index in [1.807, 2.05) is 0 Å². The molecule has 0 aliphatic carbocycles. The Bertz CT molecular complexity index is 992. The molecule has 0 aromatic heterocycles. The third kappa shape index (κ3) is 9.96. The Hall–Kier alpha value is -2.66. The average molecular weight is 535 g/mol. The number of nitrogens with zero attached hydrogens (tertiary/aromatic N) is 2. The van der Waals surface area contributed by atoms with Crippen LogP contribution in [-0.2, 0) is 30.5 Å². The first-order valence-corrected chi connectivity index (χ1v) is 10.8. The van der Waals surface area contributed by atoms with Gasteiger partial charge in [0.1, 0.15) is 31.0 Å². The molecule has 16 heteroatoms. The number of unbranched alkanes of at least 4 members (excludes halogenated alkanes) is 2. The molecule has 37 heavy (non-hydrogen) atoms. The normalized spacial score (nSPS) is 23.1. The molecule has 1 aromatic rings. The van der Waals surface area contributed by atoms with Crippen LogP contribution < -0.4 is 44.8 Å². The number of hydrogen-bond donors (Lipinski definition) is 4. The van der Waals surface area contributed by atoms with Crippen molar-refractivity contribution in [1.29, 1.82) is 0 Å². The van der Waals surface area contributed by atoms with Crippen LogP contribution in [0.4, 0.5) is 5.69 Å². The molecule has 1 amide bonds. The summed E-state index contributed by atoms with van der Waals surface area (Å²) < 4.78 is 15.2. The number of nitro groups is 1. The number of aliphatic hydroxyl groups is 3. The van der Waals surface area contributed by atoms with Crippen LogP contribution in [0, 0.1) is 10.1 Å². The fourth-order valence-electron chi connectivity index (χ4n) is 3.10. The largest absolute Gasteiger partial charge is 1.00 e. The van der Waals surface area contributed by atoms with Gasteiger partial charge in [0, 0.05) is 25.6 Å². The van der Waals surface area contributed by atoms with Crippen LogP contribution in [0.2, 0.25) is 0 Å². The Labute approximate surface area is 232 Å². The van der Waals surface area contributed by atoms with Crippen LogP contribution in [0.25, 0.3) is 0 Å². The number of benzene rings is 1. The fourth-order valence-corrected chi connectivity index (χ4v) is 3.10. The number of esters is 1. The summed E-state index contributed by atoms with van der Waals surface area (Å²) in [6.45, 7) is 1.05. The van der Waals surface area contributed by atoms with Gasteiger partial charge < -0.3 is 39.4 Å². The molecule has 0 saturated carbocycles. The Balaban J connectivity index is 0.00000684. The third-order valence-corrected chi connectivity index (χ3v) is 4.94. The van der Waals surface area contributed by atoms with Crippen molar-refractivity contribution in [3.05, 3.63) is 33.9 Å². The van der Waals surface area contributed by atoms with Gasteiger partial charge in [-0.1, -0.05) is 6.07 Å². The number of nitrogens with one attached hydrogen (secondary N) is 1. The number of hydrogen-bond acceptors (Lipinski definition) is 13. The number of nitro benzene ring substituents is 1. The second kappa shape index (κ2) is 15.6. The minimum absolute atomic E-state index is 0. The second-order valence-electron chi connectivity index (χ2n) is 7.78. The molecule has 2 rings (SSSR count). The van der Waals surface area contributed by atoms with Crippen molar-refractivity contribution in [3.63, 3.8) is 0 Å². The number of aliphatic carboxylic acids is 1. The molecule has 5 unspecified atom stereocenters. The summed E-state index contributed by atoms with van der Waals surface area (Å²) in [5, 5.41) is 55.8. The second-order valence-corrected chi connectivity index (χ2v) is 7.78. The third-order valence-electron chi connectivity index (χ3n) is 4.94. The predicted octanol–water partition coefficient (Wildman–Crippen LogP) is -4.74. The SMILES string of the molecule is CC(=O)N/N=C/CCCCC(=O)OCc1ccc(OC2OC(C(=O)[O-])C(O)C(O)C2O)c([N+](=O)[O-])c1.[Na+]. The number of rotatable bonds is 12. The van der Waals surface area contributed by atoms with Crippen LogP contribution in [0.5, 0.6) is 5.75 Å². The molecule has 1 aliphatic heterocycles. The molecule has 1 aliphatic rings. The number of carbonyl (C=O) groups is 3. The number of carboxylic acids is 1. The van der Waals surface area contributed by atoms with Gasteiger partial charge in [0.25, 0.3) is 0 Å². The molecular weight excluding hydrogens is 509 g/mol. The van der Waals surface area contributed by atoms with E-state index < -0.39 is 59.0 Å². The molecule has 4 N–H and O–H groups in total. The summed E-state index contributed by atoms with van der Waals surface area (Å²) >= 11 is 0. The minimum Gasteiger partial charge on any atom is -0.547 e. The first-order chi connectivity index (χ1) is 17.0. The van der Waals surface area contributed by atoms with Crippen LogP contribution in [-0.4, -0.2) is 75.0 Å². The van der Waals surface area contributed by atoms with Gasteiger partial charge in [0.05, 0.1) is 10.9 Å². The van der Waals surface area contributed by atoms with Gasteiger partial charge in [-0.05, 0) is 30.9 Å². The summed E-state index contributed by atoms with van der Waals surface area (Å²) in [4.78, 5) is 44.3. The van der Waals surface area contributed by atoms with Gasteiger partial charge in [0.15, 0.2) is 5.75 Å². The number of carboxylic acid groups (broad SMARTS) is 1. The molecule has 1 aromatic carbocycles. The van der Waals surface area contributed by atoms with E-state index >= 15 is 0 Å². The summed E-state index contributed by atoms with van der Waals surface area (Å²) in [5.74, 6) is -3.14. The number of ether oxygens (including phenoxy) is 3. The predicted molar refractivity (Wildman–Crippen MR) is 116 cm³/mol. The molecule has 15 nitrogen and oxygen atoms in total. The minimum atomic E-state index is -2.05. The zero-order valence-corrected chi connectivity index (χ0v) is 22.1. The first kappa shape index (κ1) is 32.4. The van der Waals surface area contributed by atoms with E-state index in [0.717, 1.165) is 12.1 Å². The number of aliphatic hydroxyl groups excluding tert-OH is 3. The van der Waals surface area contributed by atoms with Crippen molar-refractivity contribution in [2.75, 3.05) is 0 Å². The maximum Gasteiger partial charge on any atom is 1.00 e. The molecule has 1 saturated heterocycles. The van der Waals surface area contributed by atoms with Gasteiger partial charge in [0.2, 0.25) is 12.2 Å². The van der Waals surface area contributed by atoms with E-state index in [1.54, 1.807) is 0 Å². The number of amides is 1. The Kier molecular flexibility index (Phi) is 13.6. The van der Waals surface area contributed by atoms with E-state index in [0.29, 0.717) is 19.3 Å². The van der Waals surface area contributed by atoms with Crippen LogP contribution in [0.3, 0.4) is 0 Å². The molecule has 0 radical (unpaired) electrons. The molecular formula is C21H26N3NaO12. The standard InChI is InChI=1S/C21H27N3O12.Na/c1-11(25)23-22-8-4-2-3-5-15(26)34-10-12-6-7-14(13(9-12)24(32)33)35-21-18(29)16(27)17(28)19(36-21)20(30)31;/h6-9,16-19,21,27-29H,2-5,10H2,1H3,(H,23,25)(H,30,31);/q;+1/p-1/b22-8+;. The Morgan fingerprint density at radius 2 is 1.89 bits per heavy atom. The van der Waals surface area contributed by atoms with E-state index in [4.69, 9.17) is 14.2 Å². The van der Waals surface area contributed by atoms with Crippen molar-refractivity contribution in [3.8, 4) is 5.75 Å². The van der Waals surface area contributed by atoms with Crippen LogP contribution >= 0.6 is 0 Å². The smallest absolute Gasteiger partial charge is 0.547 e. The molecule has 1 heterocycles. The molecule has 0 bridgehead atoms. The summed E-state index contributed by atoms with van der Waals surface area (Å²) in [6, 6.07) is 3.51. The Morgan fingerprint density at radius 3 is 2.51 bits per heavy atom. The monoisotopic (exact) mass is 535 g/mol. The summed E-state index contributed by atoms with van der Waals surface area (Å²) in [5.41, 5.74) is 1.89. The van der Waals surface area contributed by atoms with Gasteiger partial charge in [-0.2, -0.15) is 5.10 Å². The fraction of sp³-hybridized carbons (Fsp3) is 0.524. The van der Waals surface area contributed by atoms with Crippen LogP contribution in [0.1, 0.15) is 38.2 Å². The molecule has 5 atom stereocenters. The first-order valence-electron chi connectivity index (χ1n) is 10.8. The van der Waals surface area contributed by atoms with E-state index in [-0.39, 0.29) is 54.1 Å². The molecule has 198 valence electrons. The van der Waals surface area contributed by atoms with Gasteiger partial charge >= 0.3 is 41.2 Å². The average Bonchev–Trinajstić information content (AvgIpc) is 2.82. The maximum absolute atomic E-state index is 11.9. The zero-order chi connectivity index (χ0) is 26.8. The Morgan fingerprint density at radius 1 is 1.19 bits per heavy atom.